The first-order valence-electron chi connectivity index (χ1n) is 12.5. The Balaban J connectivity index is 0.00000961. The molecule has 0 saturated heterocycles. The minimum atomic E-state index is -0.339. The number of carbonyl (C=O) groups excluding carboxylic acids is 1. The Kier molecular flexibility index (Phi) is 17.2. The van der Waals surface area contributed by atoms with Crippen LogP contribution in [0.25, 0.3) is 0 Å². The highest BCUT2D eigenvalue weighted by Gasteiger charge is 2.25. The van der Waals surface area contributed by atoms with Crippen molar-refractivity contribution in [3.63, 3.8) is 0 Å². The van der Waals surface area contributed by atoms with Crippen molar-refractivity contribution in [2.24, 2.45) is 0 Å². The maximum Gasteiger partial charge on any atom is 0.407 e. The molecule has 0 aliphatic carbocycles. The van der Waals surface area contributed by atoms with E-state index in [4.69, 9.17) is 4.74 Å². The number of unbranched alkanes of at least 4 members (excludes halogenated alkanes) is 9. The highest BCUT2D eigenvalue weighted by molar-refractivity contribution is 5.68. The maximum atomic E-state index is 12.2. The van der Waals surface area contributed by atoms with Crippen molar-refractivity contribution in [3.8, 4) is 0 Å². The molecule has 1 amide bonds. The molecule has 0 aliphatic heterocycles. The normalized spacial score (nSPS) is 11.7. The topological polar surface area (TPSA) is 38.3 Å². The third-order valence-electron chi connectivity index (χ3n) is 6.11. The van der Waals surface area contributed by atoms with Crippen LogP contribution >= 0.6 is 0 Å². The third-order valence-corrected chi connectivity index (χ3v) is 6.11. The molecule has 0 saturated carbocycles. The van der Waals surface area contributed by atoms with Crippen molar-refractivity contribution in [3.05, 3.63) is 35.9 Å². The van der Waals surface area contributed by atoms with Gasteiger partial charge in [-0.2, -0.15) is 0 Å². The minimum Gasteiger partial charge on any atom is -1.00 e. The second-order valence-electron chi connectivity index (χ2n) is 10.4. The van der Waals surface area contributed by atoms with Gasteiger partial charge in [0.2, 0.25) is 0 Å². The van der Waals surface area contributed by atoms with Gasteiger partial charge in [0, 0.05) is 12.0 Å². The summed E-state index contributed by atoms with van der Waals surface area (Å²) in [6.07, 6.45) is 14.4. The van der Waals surface area contributed by atoms with E-state index in [0.29, 0.717) is 6.61 Å². The van der Waals surface area contributed by atoms with Crippen LogP contribution < -0.4 is 29.3 Å². The van der Waals surface area contributed by atoms with Crippen LogP contribution in [0, 0.1) is 0 Å². The summed E-state index contributed by atoms with van der Waals surface area (Å²) in [5.41, 5.74) is 0.728. The van der Waals surface area contributed by atoms with Gasteiger partial charge >= 0.3 is 6.09 Å². The zero-order valence-corrected chi connectivity index (χ0v) is 23.6. The Morgan fingerprint density at radius 1 is 0.875 bits per heavy atom. The molecule has 0 fully saturated rings. The number of nitrogens with zero attached hydrogens (tertiary/aromatic N) is 1. The summed E-state index contributed by atoms with van der Waals surface area (Å²) in [6.45, 7) is 8.99. The Bertz CT molecular complexity index is 591. The summed E-state index contributed by atoms with van der Waals surface area (Å²) in [5, 5.41) is 3.04. The van der Waals surface area contributed by atoms with Gasteiger partial charge in [-0.25, -0.2) is 4.79 Å². The van der Waals surface area contributed by atoms with E-state index < -0.39 is 0 Å². The number of ether oxygens (including phenoxy) is 1. The van der Waals surface area contributed by atoms with Crippen LogP contribution in [0.5, 0.6) is 0 Å². The summed E-state index contributed by atoms with van der Waals surface area (Å²) in [5.74, 6) is 0. The Morgan fingerprint density at radius 2 is 1.41 bits per heavy atom. The Morgan fingerprint density at radius 3 is 1.97 bits per heavy atom. The Labute approximate surface area is 215 Å². The number of halogens is 1. The minimum absolute atomic E-state index is 0. The van der Waals surface area contributed by atoms with Crippen molar-refractivity contribution in [1.29, 1.82) is 0 Å². The molecule has 0 bridgehead atoms. The van der Waals surface area contributed by atoms with Gasteiger partial charge in [0.25, 0.3) is 0 Å². The van der Waals surface area contributed by atoms with Crippen molar-refractivity contribution in [1.82, 2.24) is 5.32 Å². The molecule has 0 heterocycles. The maximum absolute atomic E-state index is 12.2. The number of quaternary nitrogens is 1. The SMILES string of the molecule is CCCCCCCCCCCC[N+](C)(C)CCC(C)(C)NC(=O)OCc1ccccc1.[I-]. The van der Waals surface area contributed by atoms with Crippen molar-refractivity contribution >= 4 is 6.09 Å². The lowest BCUT2D eigenvalue weighted by Gasteiger charge is -2.34. The summed E-state index contributed by atoms with van der Waals surface area (Å²) < 4.78 is 6.38. The number of nitrogens with one attached hydrogen (secondary N) is 1. The smallest absolute Gasteiger partial charge is 0.407 e. The van der Waals surface area contributed by atoms with Gasteiger partial charge in [-0.05, 0) is 32.3 Å². The van der Waals surface area contributed by atoms with E-state index in [-0.39, 0.29) is 35.6 Å². The quantitative estimate of drug-likeness (QED) is 0.177. The molecular formula is C27H49IN2O2. The zero-order chi connectivity index (χ0) is 23.0. The van der Waals surface area contributed by atoms with Crippen molar-refractivity contribution < 1.29 is 38.0 Å². The van der Waals surface area contributed by atoms with E-state index in [1.165, 1.54) is 70.8 Å². The second-order valence-corrected chi connectivity index (χ2v) is 10.4. The number of hydrogen-bond acceptors (Lipinski definition) is 2. The molecule has 1 N–H and O–H groups in total. The lowest BCUT2D eigenvalue weighted by atomic mass is 10.00. The van der Waals surface area contributed by atoms with Crippen LogP contribution in [0.4, 0.5) is 4.79 Å². The zero-order valence-electron chi connectivity index (χ0n) is 21.4. The molecule has 0 aromatic heterocycles. The first kappa shape index (κ1) is 31.2. The molecule has 0 aliphatic rings. The molecule has 0 radical (unpaired) electrons. The summed E-state index contributed by atoms with van der Waals surface area (Å²) in [6, 6.07) is 9.80. The molecule has 5 heteroatoms. The highest BCUT2D eigenvalue weighted by atomic mass is 127. The van der Waals surface area contributed by atoms with Crippen LogP contribution in [0.15, 0.2) is 30.3 Å². The molecule has 1 rings (SSSR count). The fourth-order valence-electron chi connectivity index (χ4n) is 3.82. The summed E-state index contributed by atoms with van der Waals surface area (Å²) in [7, 11) is 4.61. The first-order valence-corrected chi connectivity index (χ1v) is 12.5. The van der Waals surface area contributed by atoms with E-state index >= 15 is 0 Å². The van der Waals surface area contributed by atoms with E-state index in [1.54, 1.807) is 0 Å². The standard InChI is InChI=1S/C27H48N2O2.HI/c1-6-7-8-9-10-11-12-13-14-18-22-29(4,5)23-21-27(2,3)28-26(30)31-24-25-19-16-15-17-20-25;/h15-17,19-20H,6-14,18,21-24H2,1-5H3;1H. The van der Waals surface area contributed by atoms with Crippen LogP contribution in [0.1, 0.15) is 97.0 Å². The van der Waals surface area contributed by atoms with Gasteiger partial charge in [0.15, 0.2) is 0 Å². The lowest BCUT2D eigenvalue weighted by molar-refractivity contribution is -0.891. The largest absolute Gasteiger partial charge is 1.00 e. The first-order chi connectivity index (χ1) is 14.7. The van der Waals surface area contributed by atoms with E-state index in [1.807, 2.05) is 30.3 Å². The van der Waals surface area contributed by atoms with Crippen LogP contribution in [-0.4, -0.2) is 43.3 Å². The van der Waals surface area contributed by atoms with Gasteiger partial charge in [0.05, 0.1) is 27.2 Å². The van der Waals surface area contributed by atoms with E-state index in [0.717, 1.165) is 23.0 Å². The highest BCUT2D eigenvalue weighted by Crippen LogP contribution is 2.15. The fraction of sp³-hybridized carbons (Fsp3) is 0.741. The number of alkyl carbamates (subject to hydrolysis) is 1. The lowest BCUT2D eigenvalue weighted by Crippen LogP contribution is -3.00. The van der Waals surface area contributed by atoms with Gasteiger partial charge in [-0.15, -0.1) is 0 Å². The van der Waals surface area contributed by atoms with Crippen LogP contribution in [-0.2, 0) is 11.3 Å². The molecule has 1 aromatic rings. The monoisotopic (exact) mass is 560 g/mol. The molecular weight excluding hydrogens is 511 g/mol. The molecule has 32 heavy (non-hydrogen) atoms. The number of rotatable bonds is 17. The molecule has 1 aromatic carbocycles. The number of benzene rings is 1. The van der Waals surface area contributed by atoms with E-state index in [9.17, 15) is 4.79 Å². The van der Waals surface area contributed by atoms with E-state index in [2.05, 4.69) is 40.2 Å². The molecule has 186 valence electrons. The van der Waals surface area contributed by atoms with Crippen molar-refractivity contribution in [2.75, 3.05) is 27.2 Å². The van der Waals surface area contributed by atoms with Crippen LogP contribution in [0.2, 0.25) is 0 Å². The number of hydrogen-bond donors (Lipinski definition) is 1. The average Bonchev–Trinajstić information content (AvgIpc) is 2.73. The van der Waals surface area contributed by atoms with Gasteiger partial charge in [-0.3, -0.25) is 0 Å². The van der Waals surface area contributed by atoms with Gasteiger partial charge in [0.1, 0.15) is 6.61 Å². The number of carbonyl (C=O) groups is 1. The number of amides is 1. The third kappa shape index (κ3) is 16.8. The van der Waals surface area contributed by atoms with Crippen LogP contribution in [0.3, 0.4) is 0 Å². The summed E-state index contributed by atoms with van der Waals surface area (Å²) in [4.78, 5) is 12.2. The van der Waals surface area contributed by atoms with Crippen molar-refractivity contribution in [2.45, 2.75) is 104 Å². The Hall–Kier alpha value is -0.820. The molecule has 0 atom stereocenters. The van der Waals surface area contributed by atoms with Gasteiger partial charge in [-0.1, -0.05) is 88.6 Å². The van der Waals surface area contributed by atoms with Gasteiger partial charge < -0.3 is 38.5 Å². The fourth-order valence-corrected chi connectivity index (χ4v) is 3.82. The second kappa shape index (κ2) is 17.6. The predicted molar refractivity (Wildman–Crippen MR) is 132 cm³/mol. The predicted octanol–water partition coefficient (Wildman–Crippen LogP) is 4.08. The molecule has 0 unspecified atom stereocenters. The molecule has 4 nitrogen and oxygen atoms in total. The average molecular weight is 561 g/mol. The summed E-state index contributed by atoms with van der Waals surface area (Å²) >= 11 is 0. The molecule has 0 spiro atoms.